The summed E-state index contributed by atoms with van der Waals surface area (Å²) >= 11 is 12.5. The van der Waals surface area contributed by atoms with Crippen LogP contribution in [0.3, 0.4) is 0 Å². The van der Waals surface area contributed by atoms with Gasteiger partial charge in [-0.3, -0.25) is 9.59 Å². The molecule has 0 saturated carbocycles. The summed E-state index contributed by atoms with van der Waals surface area (Å²) in [7, 11) is 0. The van der Waals surface area contributed by atoms with Crippen molar-refractivity contribution in [2.45, 2.75) is 11.3 Å². The SMILES string of the molecule is O=CC12c3ccccc3C(c3ccccc31)[C@@H]1C(=O)N(c3cc(Cl)ccc3Cl)C(=O)[C@H]12. The standard InChI is InChI=1S/C25H15Cl2NO3/c26-13-9-10-18(27)19(11-13)28-23(30)21-20-14-5-1-3-7-16(14)25(12-29,22(21)24(28)31)17-8-4-2-6-15(17)20/h1-12,20-22H/t20?,21-,22-,25?/m0/s1. The Labute approximate surface area is 188 Å². The quantitative estimate of drug-likeness (QED) is 0.420. The number of halogens is 2. The Morgan fingerprint density at radius 3 is 2.06 bits per heavy atom. The number of rotatable bonds is 2. The van der Waals surface area contributed by atoms with Gasteiger partial charge in [-0.1, -0.05) is 71.7 Å². The molecule has 7 rings (SSSR count). The number of carbonyl (C=O) groups is 3. The summed E-state index contributed by atoms with van der Waals surface area (Å²) in [6.07, 6.45) is 0.853. The molecule has 152 valence electrons. The molecule has 1 aliphatic heterocycles. The van der Waals surface area contributed by atoms with Crippen molar-refractivity contribution < 1.29 is 14.4 Å². The Bertz CT molecular complexity index is 1270. The Balaban J connectivity index is 1.66. The third-order valence-electron chi connectivity index (χ3n) is 7.02. The molecule has 2 bridgehead atoms. The average Bonchev–Trinajstić information content (AvgIpc) is 3.06. The second-order valence-electron chi connectivity index (χ2n) is 8.25. The molecule has 0 radical (unpaired) electrons. The monoisotopic (exact) mass is 447 g/mol. The summed E-state index contributed by atoms with van der Waals surface area (Å²) in [6.45, 7) is 0. The first-order valence-electron chi connectivity index (χ1n) is 9.98. The van der Waals surface area contributed by atoms with Gasteiger partial charge in [0.2, 0.25) is 11.8 Å². The van der Waals surface area contributed by atoms with Gasteiger partial charge >= 0.3 is 0 Å². The molecule has 6 heteroatoms. The molecule has 2 atom stereocenters. The van der Waals surface area contributed by atoms with Crippen LogP contribution < -0.4 is 4.90 Å². The second kappa shape index (κ2) is 6.28. The van der Waals surface area contributed by atoms with Crippen molar-refractivity contribution >= 4 is 47.0 Å². The second-order valence-corrected chi connectivity index (χ2v) is 9.09. The molecular formula is C25H15Cl2NO3. The van der Waals surface area contributed by atoms with Crippen molar-refractivity contribution in [3.8, 4) is 0 Å². The smallest absolute Gasteiger partial charge is 0.239 e. The Morgan fingerprint density at radius 2 is 1.45 bits per heavy atom. The van der Waals surface area contributed by atoms with Crippen LogP contribution in [0.1, 0.15) is 28.2 Å². The minimum absolute atomic E-state index is 0.257. The maximum atomic E-state index is 13.8. The fourth-order valence-electron chi connectivity index (χ4n) is 5.93. The van der Waals surface area contributed by atoms with Crippen LogP contribution in [0.5, 0.6) is 0 Å². The van der Waals surface area contributed by atoms with Gasteiger partial charge < -0.3 is 4.79 Å². The van der Waals surface area contributed by atoms with Crippen molar-refractivity contribution in [3.05, 3.63) is 99.0 Å². The Kier molecular flexibility index (Phi) is 3.81. The third-order valence-corrected chi connectivity index (χ3v) is 7.57. The van der Waals surface area contributed by atoms with Crippen LogP contribution in [-0.2, 0) is 19.8 Å². The molecule has 2 amide bonds. The van der Waals surface area contributed by atoms with E-state index < -0.39 is 23.2 Å². The van der Waals surface area contributed by atoms with Gasteiger partial charge in [-0.15, -0.1) is 0 Å². The minimum Gasteiger partial charge on any atom is -0.302 e. The number of imide groups is 1. The first-order valence-corrected chi connectivity index (χ1v) is 10.7. The van der Waals surface area contributed by atoms with Crippen LogP contribution in [0.25, 0.3) is 0 Å². The van der Waals surface area contributed by atoms with E-state index in [0.717, 1.165) is 33.4 Å². The molecule has 0 unspecified atom stereocenters. The lowest BCUT2D eigenvalue weighted by Crippen LogP contribution is -2.54. The van der Waals surface area contributed by atoms with E-state index in [2.05, 4.69) is 0 Å². The lowest BCUT2D eigenvalue weighted by molar-refractivity contribution is -0.128. The van der Waals surface area contributed by atoms with Crippen LogP contribution >= 0.6 is 23.2 Å². The van der Waals surface area contributed by atoms with Gasteiger partial charge in [0.1, 0.15) is 6.29 Å². The zero-order valence-electron chi connectivity index (χ0n) is 16.1. The summed E-state index contributed by atoms with van der Waals surface area (Å²) in [4.78, 5) is 41.6. The van der Waals surface area contributed by atoms with Crippen LogP contribution in [0.15, 0.2) is 66.7 Å². The molecule has 0 N–H and O–H groups in total. The van der Waals surface area contributed by atoms with Crippen molar-refractivity contribution in [2.75, 3.05) is 4.90 Å². The van der Waals surface area contributed by atoms with Crippen LogP contribution in [0, 0.1) is 11.8 Å². The number of hydrogen-bond acceptors (Lipinski definition) is 3. The topological polar surface area (TPSA) is 54.5 Å². The first kappa shape index (κ1) is 18.8. The Hall–Kier alpha value is -2.95. The van der Waals surface area contributed by atoms with E-state index >= 15 is 0 Å². The number of benzene rings is 3. The first-order chi connectivity index (χ1) is 15.0. The maximum absolute atomic E-state index is 13.8. The molecule has 3 aromatic carbocycles. The molecule has 4 aliphatic rings. The fraction of sp³-hybridized carbons (Fsp3) is 0.160. The lowest BCUT2D eigenvalue weighted by atomic mass is 9.48. The molecule has 0 spiro atoms. The zero-order valence-corrected chi connectivity index (χ0v) is 17.6. The largest absolute Gasteiger partial charge is 0.302 e. The number of anilines is 1. The number of hydrogen-bond donors (Lipinski definition) is 0. The van der Waals surface area contributed by atoms with E-state index in [1.54, 1.807) is 12.1 Å². The van der Waals surface area contributed by atoms with Crippen molar-refractivity contribution in [3.63, 3.8) is 0 Å². The molecule has 3 aliphatic carbocycles. The summed E-state index contributed by atoms with van der Waals surface area (Å²) in [5.41, 5.74) is 2.49. The summed E-state index contributed by atoms with van der Waals surface area (Å²) < 4.78 is 0. The summed E-state index contributed by atoms with van der Waals surface area (Å²) in [6, 6.07) is 19.9. The van der Waals surface area contributed by atoms with E-state index in [0.29, 0.717) is 5.02 Å². The number of amides is 2. The molecular weight excluding hydrogens is 433 g/mol. The highest BCUT2D eigenvalue weighted by Gasteiger charge is 2.68. The van der Waals surface area contributed by atoms with Crippen molar-refractivity contribution in [1.82, 2.24) is 0 Å². The minimum atomic E-state index is -1.22. The summed E-state index contributed by atoms with van der Waals surface area (Å²) in [5.74, 6) is -2.58. The number of aldehydes is 1. The van der Waals surface area contributed by atoms with E-state index in [9.17, 15) is 14.4 Å². The van der Waals surface area contributed by atoms with Crippen molar-refractivity contribution in [1.29, 1.82) is 0 Å². The summed E-state index contributed by atoms with van der Waals surface area (Å²) in [5, 5.41) is 0.627. The van der Waals surface area contributed by atoms with E-state index in [-0.39, 0.29) is 22.5 Å². The predicted molar refractivity (Wildman–Crippen MR) is 118 cm³/mol. The van der Waals surface area contributed by atoms with E-state index in [1.165, 1.54) is 6.07 Å². The fourth-order valence-corrected chi connectivity index (χ4v) is 6.29. The normalized spacial score (nSPS) is 27.7. The molecule has 31 heavy (non-hydrogen) atoms. The van der Waals surface area contributed by atoms with Gasteiger partial charge in [0.05, 0.1) is 28.0 Å². The van der Waals surface area contributed by atoms with Crippen LogP contribution in [0.4, 0.5) is 5.69 Å². The van der Waals surface area contributed by atoms with E-state index in [4.69, 9.17) is 23.2 Å². The highest BCUT2D eigenvalue weighted by Crippen LogP contribution is 2.63. The highest BCUT2D eigenvalue weighted by atomic mass is 35.5. The zero-order chi connectivity index (χ0) is 21.5. The van der Waals surface area contributed by atoms with Gasteiger partial charge in [-0.05, 0) is 40.5 Å². The van der Waals surface area contributed by atoms with Gasteiger partial charge in [-0.2, -0.15) is 0 Å². The van der Waals surface area contributed by atoms with Gasteiger partial charge in [-0.25, -0.2) is 4.90 Å². The average molecular weight is 448 g/mol. The Morgan fingerprint density at radius 1 is 0.839 bits per heavy atom. The number of carbonyl (C=O) groups excluding carboxylic acids is 3. The van der Waals surface area contributed by atoms with Crippen molar-refractivity contribution in [2.24, 2.45) is 11.8 Å². The molecule has 4 nitrogen and oxygen atoms in total. The molecule has 1 saturated heterocycles. The predicted octanol–water partition coefficient (Wildman–Crippen LogP) is 4.74. The molecule has 1 fully saturated rings. The maximum Gasteiger partial charge on any atom is 0.239 e. The third kappa shape index (κ3) is 2.14. The molecule has 3 aromatic rings. The van der Waals surface area contributed by atoms with Gasteiger partial charge in [0, 0.05) is 10.9 Å². The molecule has 0 aromatic heterocycles. The van der Waals surface area contributed by atoms with Gasteiger partial charge in [0.25, 0.3) is 0 Å². The highest BCUT2D eigenvalue weighted by molar-refractivity contribution is 6.38. The van der Waals surface area contributed by atoms with Gasteiger partial charge in [0.15, 0.2) is 0 Å². The lowest BCUT2D eigenvalue weighted by Gasteiger charge is -2.51. The molecule has 1 heterocycles. The number of nitrogens with zero attached hydrogens (tertiary/aromatic N) is 1. The van der Waals surface area contributed by atoms with Crippen LogP contribution in [0.2, 0.25) is 10.0 Å². The van der Waals surface area contributed by atoms with E-state index in [1.807, 2.05) is 48.5 Å². The van der Waals surface area contributed by atoms with Crippen LogP contribution in [-0.4, -0.2) is 18.1 Å².